The fourth-order valence-corrected chi connectivity index (χ4v) is 8.91. The molecule has 0 amide bonds. The quantitative estimate of drug-likeness (QED) is 0.443. The Morgan fingerprint density at radius 3 is 2.24 bits per heavy atom. The largest absolute Gasteiger partial charge is 0.325 e. The van der Waals surface area contributed by atoms with Gasteiger partial charge in [-0.1, -0.05) is 25.0 Å². The molecule has 8 heteroatoms. The van der Waals surface area contributed by atoms with E-state index in [2.05, 4.69) is 15.8 Å². The first-order chi connectivity index (χ1) is 17.8. The number of piperidine rings is 2. The highest BCUT2D eigenvalue weighted by Crippen LogP contribution is 2.49. The lowest BCUT2D eigenvalue weighted by atomic mass is 9.62. The first-order valence-electron chi connectivity index (χ1n) is 14.1. The maximum Gasteiger partial charge on any atom is 0.325 e. The standard InChI is InChI=1S/C29H38N3O4P/c1-2-25-19-7-5-8-20(25)16-23(15-19)31-21-9-6-10-22(31)18-24(17-21)32-28-12-4-3-11-26(28)30-27(29(32)33)13-14-37(34,35)36/h1,3-4,11-12,19-25H,5-10,13-18H2,(H2,34,35,36)/t19-,20+,21-,22+,23?,24?,25?. The molecule has 2 aliphatic carbocycles. The van der Waals surface area contributed by atoms with Crippen LogP contribution in [0.3, 0.4) is 0 Å². The second-order valence-electron chi connectivity index (χ2n) is 11.9. The molecule has 3 heterocycles. The second kappa shape index (κ2) is 9.97. The minimum atomic E-state index is -4.22. The Morgan fingerprint density at radius 2 is 1.59 bits per heavy atom. The van der Waals surface area contributed by atoms with Crippen molar-refractivity contribution in [2.24, 2.45) is 17.8 Å². The molecule has 1 aromatic carbocycles. The molecule has 0 spiro atoms. The van der Waals surface area contributed by atoms with Crippen molar-refractivity contribution >= 4 is 18.6 Å². The molecule has 198 valence electrons. The van der Waals surface area contributed by atoms with Gasteiger partial charge < -0.3 is 14.4 Å². The van der Waals surface area contributed by atoms with E-state index in [1.807, 2.05) is 28.8 Å². The monoisotopic (exact) mass is 523 g/mol. The van der Waals surface area contributed by atoms with Crippen LogP contribution in [0.25, 0.3) is 11.0 Å². The topological polar surface area (TPSA) is 95.7 Å². The van der Waals surface area contributed by atoms with E-state index in [0.717, 1.165) is 23.9 Å². The molecule has 7 nitrogen and oxygen atoms in total. The van der Waals surface area contributed by atoms with Gasteiger partial charge in [0, 0.05) is 36.5 Å². The smallest absolute Gasteiger partial charge is 0.324 e. The Hall–Kier alpha value is -1.97. The van der Waals surface area contributed by atoms with Crippen LogP contribution < -0.4 is 5.56 Å². The summed E-state index contributed by atoms with van der Waals surface area (Å²) >= 11 is 0. The average molecular weight is 524 g/mol. The summed E-state index contributed by atoms with van der Waals surface area (Å²) < 4.78 is 13.5. The summed E-state index contributed by atoms with van der Waals surface area (Å²) in [6.07, 6.45) is 17.3. The van der Waals surface area contributed by atoms with Crippen LogP contribution in [-0.4, -0.2) is 48.5 Å². The lowest BCUT2D eigenvalue weighted by Crippen LogP contribution is -2.59. The second-order valence-corrected chi connectivity index (χ2v) is 13.7. The Labute approximate surface area is 218 Å². The lowest BCUT2D eigenvalue weighted by Gasteiger charge is -2.56. The lowest BCUT2D eigenvalue weighted by molar-refractivity contribution is -0.0566. The van der Waals surface area contributed by atoms with Crippen molar-refractivity contribution in [3.05, 3.63) is 40.3 Å². The van der Waals surface area contributed by atoms with E-state index in [9.17, 15) is 19.1 Å². The Morgan fingerprint density at radius 1 is 0.946 bits per heavy atom. The maximum atomic E-state index is 13.7. The van der Waals surface area contributed by atoms with Gasteiger partial charge in [-0.2, -0.15) is 0 Å². The molecule has 3 unspecified atom stereocenters. The van der Waals surface area contributed by atoms with Gasteiger partial charge in [-0.3, -0.25) is 14.3 Å². The number of aromatic nitrogens is 2. The normalized spacial score (nSPS) is 34.2. The summed E-state index contributed by atoms with van der Waals surface area (Å²) in [6.45, 7) is 0. The number of nitrogens with zero attached hydrogens (tertiary/aromatic N) is 3. The van der Waals surface area contributed by atoms with Crippen molar-refractivity contribution in [1.29, 1.82) is 0 Å². The number of para-hydroxylation sites is 2. The number of hydrogen-bond acceptors (Lipinski definition) is 4. The van der Waals surface area contributed by atoms with E-state index in [-0.39, 0.29) is 29.9 Å². The zero-order valence-corrected chi connectivity index (χ0v) is 22.3. The predicted molar refractivity (Wildman–Crippen MR) is 144 cm³/mol. The highest BCUT2D eigenvalue weighted by molar-refractivity contribution is 7.51. The number of hydrogen-bond donors (Lipinski definition) is 2. The van der Waals surface area contributed by atoms with E-state index in [0.29, 0.717) is 35.9 Å². The molecule has 4 aliphatic rings. The highest BCUT2D eigenvalue weighted by atomic mass is 31.2. The van der Waals surface area contributed by atoms with E-state index >= 15 is 0 Å². The summed E-state index contributed by atoms with van der Waals surface area (Å²) in [4.78, 5) is 39.9. The highest BCUT2D eigenvalue weighted by Gasteiger charge is 2.47. The third kappa shape index (κ3) is 4.83. The first-order valence-corrected chi connectivity index (χ1v) is 15.9. The van der Waals surface area contributed by atoms with Crippen LogP contribution in [0.1, 0.15) is 75.9 Å². The fraction of sp³-hybridized carbons (Fsp3) is 0.655. The molecule has 4 fully saturated rings. The molecule has 6 rings (SSSR count). The third-order valence-electron chi connectivity index (χ3n) is 9.80. The van der Waals surface area contributed by atoms with Crippen molar-refractivity contribution in [3.63, 3.8) is 0 Å². The molecule has 2 saturated heterocycles. The maximum absolute atomic E-state index is 13.7. The van der Waals surface area contributed by atoms with E-state index in [1.54, 1.807) is 0 Å². The molecular formula is C29H38N3O4P. The Balaban J connectivity index is 1.30. The van der Waals surface area contributed by atoms with Crippen LogP contribution in [0.5, 0.6) is 0 Å². The molecule has 4 bridgehead atoms. The molecular weight excluding hydrogens is 485 g/mol. The average Bonchev–Trinajstić information content (AvgIpc) is 2.85. The molecule has 2 N–H and O–H groups in total. The zero-order valence-electron chi connectivity index (χ0n) is 21.4. The van der Waals surface area contributed by atoms with Gasteiger partial charge in [0.1, 0.15) is 5.69 Å². The van der Waals surface area contributed by atoms with Crippen LogP contribution in [0.4, 0.5) is 0 Å². The van der Waals surface area contributed by atoms with Crippen molar-refractivity contribution in [2.45, 2.75) is 94.8 Å². The minimum absolute atomic E-state index is 0.0131. The summed E-state index contributed by atoms with van der Waals surface area (Å²) in [6, 6.07) is 9.28. The number of benzene rings is 1. The molecule has 37 heavy (non-hydrogen) atoms. The van der Waals surface area contributed by atoms with Gasteiger partial charge in [-0.15, -0.1) is 12.3 Å². The summed E-state index contributed by atoms with van der Waals surface area (Å²) in [7, 11) is -4.22. The zero-order chi connectivity index (χ0) is 25.7. The van der Waals surface area contributed by atoms with Gasteiger partial charge in [0.05, 0.1) is 17.2 Å². The van der Waals surface area contributed by atoms with E-state index in [1.165, 1.54) is 51.4 Å². The van der Waals surface area contributed by atoms with Crippen LogP contribution in [0.2, 0.25) is 0 Å². The molecule has 2 saturated carbocycles. The van der Waals surface area contributed by atoms with Gasteiger partial charge in [0.2, 0.25) is 0 Å². The molecule has 2 aliphatic heterocycles. The van der Waals surface area contributed by atoms with Gasteiger partial charge >= 0.3 is 7.60 Å². The van der Waals surface area contributed by atoms with Gasteiger partial charge in [0.25, 0.3) is 5.56 Å². The Kier molecular flexibility index (Phi) is 6.82. The minimum Gasteiger partial charge on any atom is -0.324 e. The summed E-state index contributed by atoms with van der Waals surface area (Å²) in [5, 5.41) is 0. The van der Waals surface area contributed by atoms with Crippen LogP contribution in [0.15, 0.2) is 29.1 Å². The van der Waals surface area contributed by atoms with Gasteiger partial charge in [-0.25, -0.2) is 4.98 Å². The van der Waals surface area contributed by atoms with E-state index < -0.39 is 7.60 Å². The molecule has 7 atom stereocenters. The fourth-order valence-electron chi connectivity index (χ4n) is 8.40. The predicted octanol–water partition coefficient (Wildman–Crippen LogP) is 4.50. The van der Waals surface area contributed by atoms with Gasteiger partial charge in [-0.05, 0) is 75.3 Å². The first kappa shape index (κ1) is 25.3. The van der Waals surface area contributed by atoms with Crippen molar-refractivity contribution < 1.29 is 14.4 Å². The number of fused-ring (bicyclic) bond motifs is 5. The van der Waals surface area contributed by atoms with Crippen molar-refractivity contribution in [1.82, 2.24) is 14.5 Å². The SMILES string of the molecule is C#CC1[C@@H]2CCC[C@H]1CC(N1[C@@H]3CCC[C@H]1CC(n1c(=O)c(CCP(=O)(O)O)nc4ccccc41)C3)C2. The molecule has 0 radical (unpaired) electrons. The third-order valence-corrected chi connectivity index (χ3v) is 10.6. The molecule has 2 aromatic rings. The summed E-state index contributed by atoms with van der Waals surface area (Å²) in [5.41, 5.74) is 1.62. The number of aryl methyl sites for hydroxylation is 1. The van der Waals surface area contributed by atoms with Crippen molar-refractivity contribution in [3.8, 4) is 12.3 Å². The van der Waals surface area contributed by atoms with Crippen LogP contribution in [-0.2, 0) is 11.0 Å². The Bertz CT molecular complexity index is 1280. The van der Waals surface area contributed by atoms with Crippen molar-refractivity contribution in [2.75, 3.05) is 6.16 Å². The number of terminal acetylenes is 1. The number of rotatable bonds is 5. The van der Waals surface area contributed by atoms with Gasteiger partial charge in [0.15, 0.2) is 0 Å². The molecule has 1 aromatic heterocycles. The van der Waals surface area contributed by atoms with Crippen LogP contribution >= 0.6 is 7.60 Å². The van der Waals surface area contributed by atoms with Crippen LogP contribution in [0, 0.1) is 30.1 Å². The van der Waals surface area contributed by atoms with E-state index in [4.69, 9.17) is 6.42 Å². The summed E-state index contributed by atoms with van der Waals surface area (Å²) in [5.74, 6) is 4.91.